The van der Waals surface area contributed by atoms with Crippen LogP contribution in [0.2, 0.25) is 0 Å². The van der Waals surface area contributed by atoms with Gasteiger partial charge in [-0.15, -0.1) is 11.3 Å². The molecule has 0 saturated carbocycles. The van der Waals surface area contributed by atoms with Crippen LogP contribution < -0.4 is 4.90 Å². The van der Waals surface area contributed by atoms with Crippen molar-refractivity contribution in [3.63, 3.8) is 0 Å². The molecule has 0 bridgehead atoms. The Balaban J connectivity index is 1.54. The lowest BCUT2D eigenvalue weighted by Crippen LogP contribution is -2.07. The van der Waals surface area contributed by atoms with Crippen LogP contribution in [0, 0.1) is 0 Å². The molecule has 3 heterocycles. The molecular formula is C20H17N5S. The molecule has 0 aliphatic carbocycles. The van der Waals surface area contributed by atoms with Crippen molar-refractivity contribution in [3.8, 4) is 22.6 Å². The second kappa shape index (κ2) is 5.71. The Hall–Kier alpha value is -3.12. The molecule has 1 N–H and O–H groups in total. The smallest absolute Gasteiger partial charge is 0.194 e. The Morgan fingerprint density at radius 2 is 1.81 bits per heavy atom. The van der Waals surface area contributed by atoms with E-state index in [1.54, 1.807) is 11.3 Å². The molecule has 0 radical (unpaired) electrons. The third-order valence-corrected chi connectivity index (χ3v) is 5.30. The average molecular weight is 359 g/mol. The molecule has 0 fully saturated rings. The van der Waals surface area contributed by atoms with Gasteiger partial charge >= 0.3 is 0 Å². The Kier molecular flexibility index (Phi) is 3.33. The SMILES string of the molecule is CN(C)c1ccc(-c2nc3ccc(-c4cn5ccsc5n4)cc3[nH]2)cc1. The van der Waals surface area contributed by atoms with E-state index in [1.807, 2.05) is 31.7 Å². The van der Waals surface area contributed by atoms with Gasteiger partial charge in [0, 0.05) is 48.7 Å². The predicted octanol–water partition coefficient (Wildman–Crippen LogP) is 4.67. The molecule has 0 unspecified atom stereocenters. The minimum atomic E-state index is 0.883. The summed E-state index contributed by atoms with van der Waals surface area (Å²) in [5, 5.41) is 2.04. The van der Waals surface area contributed by atoms with E-state index in [-0.39, 0.29) is 0 Å². The second-order valence-electron chi connectivity index (χ2n) is 6.48. The molecule has 0 aliphatic rings. The number of hydrogen-bond acceptors (Lipinski definition) is 4. The number of hydrogen-bond donors (Lipinski definition) is 1. The van der Waals surface area contributed by atoms with Crippen molar-refractivity contribution < 1.29 is 0 Å². The van der Waals surface area contributed by atoms with Crippen LogP contribution in [0.4, 0.5) is 5.69 Å². The maximum absolute atomic E-state index is 4.73. The van der Waals surface area contributed by atoms with Gasteiger partial charge in [-0.1, -0.05) is 6.07 Å². The van der Waals surface area contributed by atoms with Crippen LogP contribution in [0.25, 0.3) is 38.6 Å². The molecule has 0 atom stereocenters. The van der Waals surface area contributed by atoms with Crippen molar-refractivity contribution in [2.24, 2.45) is 0 Å². The molecule has 0 spiro atoms. The van der Waals surface area contributed by atoms with E-state index in [4.69, 9.17) is 4.98 Å². The van der Waals surface area contributed by atoms with Gasteiger partial charge in [-0.3, -0.25) is 4.40 Å². The summed E-state index contributed by atoms with van der Waals surface area (Å²) < 4.78 is 2.05. The highest BCUT2D eigenvalue weighted by molar-refractivity contribution is 7.15. The maximum atomic E-state index is 4.73. The van der Waals surface area contributed by atoms with Gasteiger partial charge in [0.1, 0.15) is 5.82 Å². The van der Waals surface area contributed by atoms with E-state index in [0.29, 0.717) is 0 Å². The number of fused-ring (bicyclic) bond motifs is 2. The van der Waals surface area contributed by atoms with E-state index in [1.165, 1.54) is 5.69 Å². The zero-order valence-electron chi connectivity index (χ0n) is 14.5. The fourth-order valence-electron chi connectivity index (χ4n) is 3.09. The fraction of sp³-hybridized carbons (Fsp3) is 0.100. The lowest BCUT2D eigenvalue weighted by molar-refractivity contribution is 1.13. The van der Waals surface area contributed by atoms with Gasteiger partial charge in [-0.05, 0) is 36.4 Å². The molecular weight excluding hydrogens is 342 g/mol. The van der Waals surface area contributed by atoms with Gasteiger partial charge in [-0.2, -0.15) is 0 Å². The first-order valence-electron chi connectivity index (χ1n) is 8.37. The number of aromatic nitrogens is 4. The molecule has 5 nitrogen and oxygen atoms in total. The van der Waals surface area contributed by atoms with Gasteiger partial charge in [0.25, 0.3) is 0 Å². The molecule has 128 valence electrons. The number of imidazole rings is 2. The third-order valence-electron chi connectivity index (χ3n) is 4.53. The number of rotatable bonds is 3. The summed E-state index contributed by atoms with van der Waals surface area (Å²) >= 11 is 1.64. The summed E-state index contributed by atoms with van der Waals surface area (Å²) in [5.74, 6) is 0.883. The number of benzene rings is 2. The van der Waals surface area contributed by atoms with Gasteiger partial charge in [0.05, 0.1) is 16.7 Å². The standard InChI is InChI=1S/C20H17N5S/c1-24(2)15-6-3-13(4-7-15)19-21-16-8-5-14(11-17(16)22-19)18-12-25-9-10-26-20(25)23-18/h3-12H,1-2H3,(H,21,22). The first-order valence-corrected chi connectivity index (χ1v) is 9.25. The van der Waals surface area contributed by atoms with Crippen LogP contribution >= 0.6 is 11.3 Å². The predicted molar refractivity (Wildman–Crippen MR) is 108 cm³/mol. The summed E-state index contributed by atoms with van der Waals surface area (Å²) in [6.45, 7) is 0. The normalized spacial score (nSPS) is 11.5. The van der Waals surface area contributed by atoms with Gasteiger partial charge < -0.3 is 9.88 Å². The van der Waals surface area contributed by atoms with E-state index in [9.17, 15) is 0 Å². The summed E-state index contributed by atoms with van der Waals surface area (Å²) in [6.07, 6.45) is 4.09. The second-order valence-corrected chi connectivity index (χ2v) is 7.35. The molecule has 5 rings (SSSR count). The van der Waals surface area contributed by atoms with Crippen molar-refractivity contribution in [2.45, 2.75) is 0 Å². The number of anilines is 1. The highest BCUT2D eigenvalue weighted by atomic mass is 32.1. The number of thiazole rings is 1. The lowest BCUT2D eigenvalue weighted by atomic mass is 10.1. The Morgan fingerprint density at radius 3 is 2.58 bits per heavy atom. The van der Waals surface area contributed by atoms with Crippen molar-refractivity contribution in [1.29, 1.82) is 0 Å². The third kappa shape index (κ3) is 2.46. The van der Waals surface area contributed by atoms with Crippen molar-refractivity contribution in [1.82, 2.24) is 19.4 Å². The largest absolute Gasteiger partial charge is 0.378 e. The van der Waals surface area contributed by atoms with Crippen molar-refractivity contribution in [3.05, 3.63) is 60.2 Å². The molecule has 3 aromatic heterocycles. The molecule has 0 saturated heterocycles. The number of nitrogens with one attached hydrogen (secondary N) is 1. The molecule has 0 amide bonds. The minimum Gasteiger partial charge on any atom is -0.378 e. The van der Waals surface area contributed by atoms with Gasteiger partial charge in [-0.25, -0.2) is 9.97 Å². The zero-order chi connectivity index (χ0) is 17.7. The van der Waals surface area contributed by atoms with Crippen LogP contribution in [0.15, 0.2) is 60.2 Å². The van der Waals surface area contributed by atoms with Gasteiger partial charge in [0.15, 0.2) is 4.96 Å². The van der Waals surface area contributed by atoms with Gasteiger partial charge in [0.2, 0.25) is 0 Å². The number of aromatic amines is 1. The topological polar surface area (TPSA) is 49.2 Å². The first-order chi connectivity index (χ1) is 12.7. The summed E-state index contributed by atoms with van der Waals surface area (Å²) in [5.41, 5.74) is 6.30. The van der Waals surface area contributed by atoms with Crippen molar-refractivity contribution in [2.75, 3.05) is 19.0 Å². The summed E-state index contributed by atoms with van der Waals surface area (Å²) in [6, 6.07) is 14.6. The maximum Gasteiger partial charge on any atom is 0.194 e. The van der Waals surface area contributed by atoms with Crippen LogP contribution in [0.5, 0.6) is 0 Å². The van der Waals surface area contributed by atoms with Crippen LogP contribution in [-0.4, -0.2) is 33.4 Å². The molecule has 6 heteroatoms. The monoisotopic (exact) mass is 359 g/mol. The van der Waals surface area contributed by atoms with Crippen LogP contribution in [0.1, 0.15) is 0 Å². The average Bonchev–Trinajstić information content (AvgIpc) is 3.35. The molecule has 0 aliphatic heterocycles. The molecule has 2 aromatic carbocycles. The zero-order valence-corrected chi connectivity index (χ0v) is 15.3. The van der Waals surface area contributed by atoms with Crippen LogP contribution in [0.3, 0.4) is 0 Å². The fourth-order valence-corrected chi connectivity index (χ4v) is 3.79. The highest BCUT2D eigenvalue weighted by Gasteiger charge is 2.10. The number of H-pyrrole nitrogens is 1. The first kappa shape index (κ1) is 15.2. The summed E-state index contributed by atoms with van der Waals surface area (Å²) in [4.78, 5) is 16.0. The Labute approximate surface area is 154 Å². The lowest BCUT2D eigenvalue weighted by Gasteiger charge is -2.11. The van der Waals surface area contributed by atoms with E-state index in [2.05, 4.69) is 61.9 Å². The Bertz CT molecular complexity index is 1180. The highest BCUT2D eigenvalue weighted by Crippen LogP contribution is 2.27. The van der Waals surface area contributed by atoms with E-state index >= 15 is 0 Å². The minimum absolute atomic E-state index is 0.883. The number of nitrogens with zero attached hydrogens (tertiary/aromatic N) is 4. The molecule has 26 heavy (non-hydrogen) atoms. The van der Waals surface area contributed by atoms with E-state index in [0.717, 1.165) is 38.6 Å². The van der Waals surface area contributed by atoms with E-state index < -0.39 is 0 Å². The van der Waals surface area contributed by atoms with Crippen LogP contribution in [-0.2, 0) is 0 Å². The summed E-state index contributed by atoms with van der Waals surface area (Å²) in [7, 11) is 4.08. The Morgan fingerprint density at radius 1 is 1.00 bits per heavy atom. The quantitative estimate of drug-likeness (QED) is 0.509. The molecule has 5 aromatic rings. The van der Waals surface area contributed by atoms with Crippen molar-refractivity contribution >= 4 is 33.0 Å².